The second kappa shape index (κ2) is 6.43. The van der Waals surface area contributed by atoms with Gasteiger partial charge in [-0.1, -0.05) is 0 Å². The largest absolute Gasteiger partial charge is 0.495 e. The lowest BCUT2D eigenvalue weighted by Crippen LogP contribution is -2.35. The van der Waals surface area contributed by atoms with Crippen LogP contribution >= 0.6 is 0 Å². The van der Waals surface area contributed by atoms with Crippen molar-refractivity contribution in [3.05, 3.63) is 18.2 Å². The number of benzene rings is 1. The maximum Gasteiger partial charge on any atom is 0.244 e. The van der Waals surface area contributed by atoms with E-state index >= 15 is 0 Å². The van der Waals surface area contributed by atoms with Crippen molar-refractivity contribution in [2.24, 2.45) is 0 Å². The quantitative estimate of drug-likeness (QED) is 0.795. The van der Waals surface area contributed by atoms with Gasteiger partial charge in [0.05, 0.1) is 13.2 Å². The second-order valence-electron chi connectivity index (χ2n) is 4.75. The minimum atomic E-state index is -3.63. The van der Waals surface area contributed by atoms with Crippen molar-refractivity contribution in [3.63, 3.8) is 0 Å². The van der Waals surface area contributed by atoms with Crippen LogP contribution in [0.15, 0.2) is 23.1 Å². The summed E-state index contributed by atoms with van der Waals surface area (Å²) in [5.41, 5.74) is 6.08. The molecule has 1 aromatic rings. The molecule has 1 heterocycles. The van der Waals surface area contributed by atoms with Gasteiger partial charge in [-0.15, -0.1) is 0 Å². The van der Waals surface area contributed by atoms with E-state index in [2.05, 4.69) is 4.72 Å². The van der Waals surface area contributed by atoms with E-state index in [4.69, 9.17) is 15.2 Å². The number of methoxy groups -OCH3 is 1. The third-order valence-corrected chi connectivity index (χ3v) is 4.72. The van der Waals surface area contributed by atoms with Crippen molar-refractivity contribution >= 4 is 15.7 Å². The molecule has 1 unspecified atom stereocenters. The fourth-order valence-corrected chi connectivity index (χ4v) is 3.37. The summed E-state index contributed by atoms with van der Waals surface area (Å²) in [6, 6.07) is 4.47. The number of nitrogens with two attached hydrogens (primary N) is 1. The third kappa shape index (κ3) is 3.62. The summed E-state index contributed by atoms with van der Waals surface area (Å²) in [5, 5.41) is 0. The van der Waals surface area contributed by atoms with Gasteiger partial charge < -0.3 is 15.2 Å². The predicted molar refractivity (Wildman–Crippen MR) is 76.2 cm³/mol. The molecule has 1 aliphatic rings. The highest BCUT2D eigenvalue weighted by atomic mass is 32.2. The Balaban J connectivity index is 2.09. The van der Waals surface area contributed by atoms with E-state index in [1.807, 2.05) is 0 Å². The van der Waals surface area contributed by atoms with E-state index in [-0.39, 0.29) is 23.3 Å². The highest BCUT2D eigenvalue weighted by molar-refractivity contribution is 7.89. The standard InChI is InChI=1S/C13H20N2O4S/c1-18-12-8-10(14)5-6-13(12)20(16,17)15-9-11-4-2-3-7-19-11/h5-6,8,11,15H,2-4,7,9,14H2,1H3. The Kier molecular flexibility index (Phi) is 4.85. The van der Waals surface area contributed by atoms with Crippen molar-refractivity contribution < 1.29 is 17.9 Å². The minimum Gasteiger partial charge on any atom is -0.495 e. The molecule has 1 aromatic carbocycles. The van der Waals surface area contributed by atoms with Gasteiger partial charge in [-0.05, 0) is 31.4 Å². The number of anilines is 1. The summed E-state index contributed by atoms with van der Waals surface area (Å²) >= 11 is 0. The van der Waals surface area contributed by atoms with E-state index in [0.29, 0.717) is 12.3 Å². The van der Waals surface area contributed by atoms with E-state index in [1.165, 1.54) is 25.3 Å². The summed E-state index contributed by atoms with van der Waals surface area (Å²) in [7, 11) is -2.22. The second-order valence-corrected chi connectivity index (χ2v) is 6.49. The van der Waals surface area contributed by atoms with Crippen LogP contribution < -0.4 is 15.2 Å². The minimum absolute atomic E-state index is 0.0571. The van der Waals surface area contributed by atoms with Crippen LogP contribution in [0.25, 0.3) is 0 Å². The molecule has 0 radical (unpaired) electrons. The Bertz CT molecular complexity index is 553. The van der Waals surface area contributed by atoms with Crippen LogP contribution in [0.2, 0.25) is 0 Å². The molecule has 1 aliphatic heterocycles. The molecule has 3 N–H and O–H groups in total. The Hall–Kier alpha value is -1.31. The summed E-state index contributed by atoms with van der Waals surface area (Å²) in [6.07, 6.45) is 2.92. The monoisotopic (exact) mass is 300 g/mol. The molecule has 7 heteroatoms. The number of hydrogen-bond donors (Lipinski definition) is 2. The van der Waals surface area contributed by atoms with Crippen molar-refractivity contribution in [2.45, 2.75) is 30.3 Å². The number of ether oxygens (including phenoxy) is 2. The average Bonchev–Trinajstić information content (AvgIpc) is 2.46. The summed E-state index contributed by atoms with van der Waals surface area (Å²) < 4.78 is 37.7. The number of hydrogen-bond acceptors (Lipinski definition) is 5. The number of nitrogens with one attached hydrogen (secondary N) is 1. The first-order valence-electron chi connectivity index (χ1n) is 6.58. The SMILES string of the molecule is COc1cc(N)ccc1S(=O)(=O)NCC1CCCCO1. The molecule has 1 atom stereocenters. The molecule has 112 valence electrons. The molecule has 1 saturated heterocycles. The van der Waals surface area contributed by atoms with Gasteiger partial charge in [0.25, 0.3) is 0 Å². The molecular weight excluding hydrogens is 280 g/mol. The van der Waals surface area contributed by atoms with E-state index in [0.717, 1.165) is 19.3 Å². The lowest BCUT2D eigenvalue weighted by molar-refractivity contribution is 0.0200. The fraction of sp³-hybridized carbons (Fsp3) is 0.538. The first-order valence-corrected chi connectivity index (χ1v) is 8.06. The summed E-state index contributed by atoms with van der Waals surface area (Å²) in [5.74, 6) is 0.238. The van der Waals surface area contributed by atoms with Gasteiger partial charge in [0, 0.05) is 24.9 Å². The predicted octanol–water partition coefficient (Wildman–Crippen LogP) is 1.12. The topological polar surface area (TPSA) is 90.7 Å². The third-order valence-electron chi connectivity index (χ3n) is 3.25. The van der Waals surface area contributed by atoms with Crippen LogP contribution in [0.3, 0.4) is 0 Å². The normalized spacial score (nSPS) is 19.8. The van der Waals surface area contributed by atoms with E-state index in [1.54, 1.807) is 0 Å². The molecular formula is C13H20N2O4S. The highest BCUT2D eigenvalue weighted by Crippen LogP contribution is 2.26. The van der Waals surface area contributed by atoms with Crippen molar-refractivity contribution in [2.75, 3.05) is 26.0 Å². The summed E-state index contributed by atoms with van der Waals surface area (Å²) in [6.45, 7) is 0.966. The number of sulfonamides is 1. The first kappa shape index (κ1) is 15.1. The lowest BCUT2D eigenvalue weighted by Gasteiger charge is -2.22. The average molecular weight is 300 g/mol. The van der Waals surface area contributed by atoms with Crippen LogP contribution in [0.5, 0.6) is 5.75 Å². The molecule has 0 saturated carbocycles. The molecule has 6 nitrogen and oxygen atoms in total. The van der Waals surface area contributed by atoms with Gasteiger partial charge >= 0.3 is 0 Å². The summed E-state index contributed by atoms with van der Waals surface area (Å²) in [4.78, 5) is 0.0880. The highest BCUT2D eigenvalue weighted by Gasteiger charge is 2.22. The van der Waals surface area contributed by atoms with Crippen LogP contribution in [-0.4, -0.2) is 34.8 Å². The van der Waals surface area contributed by atoms with E-state index in [9.17, 15) is 8.42 Å². The maximum absolute atomic E-state index is 12.3. The molecule has 0 aliphatic carbocycles. The van der Waals surface area contributed by atoms with Crippen molar-refractivity contribution in [1.82, 2.24) is 4.72 Å². The van der Waals surface area contributed by atoms with Crippen LogP contribution in [0.1, 0.15) is 19.3 Å². The maximum atomic E-state index is 12.3. The van der Waals surface area contributed by atoms with Gasteiger partial charge in [0.15, 0.2) is 0 Å². The molecule has 1 fully saturated rings. The molecule has 0 bridgehead atoms. The van der Waals surface area contributed by atoms with Crippen LogP contribution in [-0.2, 0) is 14.8 Å². The zero-order valence-corrected chi connectivity index (χ0v) is 12.3. The smallest absolute Gasteiger partial charge is 0.244 e. The van der Waals surface area contributed by atoms with Crippen molar-refractivity contribution in [1.29, 1.82) is 0 Å². The number of rotatable bonds is 5. The Morgan fingerprint density at radius 3 is 2.90 bits per heavy atom. The van der Waals surface area contributed by atoms with Crippen LogP contribution in [0.4, 0.5) is 5.69 Å². The number of nitrogen functional groups attached to an aromatic ring is 1. The fourth-order valence-electron chi connectivity index (χ4n) is 2.15. The zero-order chi connectivity index (χ0) is 14.6. The van der Waals surface area contributed by atoms with Gasteiger partial charge in [0.1, 0.15) is 10.6 Å². The lowest BCUT2D eigenvalue weighted by atomic mass is 10.1. The Labute approximate surface area is 119 Å². The van der Waals surface area contributed by atoms with Gasteiger partial charge in [-0.25, -0.2) is 13.1 Å². The molecule has 20 heavy (non-hydrogen) atoms. The Morgan fingerprint density at radius 2 is 2.25 bits per heavy atom. The first-order chi connectivity index (χ1) is 9.53. The zero-order valence-electron chi connectivity index (χ0n) is 11.5. The van der Waals surface area contributed by atoms with E-state index < -0.39 is 10.0 Å². The van der Waals surface area contributed by atoms with Crippen LogP contribution in [0, 0.1) is 0 Å². The van der Waals surface area contributed by atoms with Gasteiger partial charge in [0.2, 0.25) is 10.0 Å². The molecule has 0 spiro atoms. The Morgan fingerprint density at radius 1 is 1.45 bits per heavy atom. The van der Waals surface area contributed by atoms with Gasteiger partial charge in [-0.2, -0.15) is 0 Å². The van der Waals surface area contributed by atoms with Crippen molar-refractivity contribution in [3.8, 4) is 5.75 Å². The molecule has 0 aromatic heterocycles. The molecule has 2 rings (SSSR count). The van der Waals surface area contributed by atoms with Gasteiger partial charge in [-0.3, -0.25) is 0 Å². The molecule has 0 amide bonds.